The van der Waals surface area contributed by atoms with Crippen LogP contribution in [0.25, 0.3) is 0 Å². The molecule has 3 atom stereocenters. The number of carbonyl (C=O) groups is 3. The van der Waals surface area contributed by atoms with Gasteiger partial charge in [-0.2, -0.15) is 0 Å². The molecule has 2 fully saturated rings. The summed E-state index contributed by atoms with van der Waals surface area (Å²) in [4.78, 5) is 39.8. The van der Waals surface area contributed by atoms with E-state index >= 15 is 0 Å². The number of piperidine rings is 2. The molecule has 0 spiro atoms. The van der Waals surface area contributed by atoms with Gasteiger partial charge in [0.2, 0.25) is 11.8 Å². The first-order chi connectivity index (χ1) is 11.0. The largest absolute Gasteiger partial charge is 0.481 e. The van der Waals surface area contributed by atoms with E-state index in [1.165, 1.54) is 0 Å². The van der Waals surface area contributed by atoms with Crippen LogP contribution in [0, 0.1) is 11.8 Å². The van der Waals surface area contributed by atoms with Crippen molar-refractivity contribution in [2.45, 2.75) is 58.4 Å². The molecule has 0 saturated carbocycles. The molecule has 0 aromatic rings. The molecule has 2 rings (SSSR count). The zero-order valence-corrected chi connectivity index (χ0v) is 14.2. The fourth-order valence-electron chi connectivity index (χ4n) is 3.80. The molecule has 2 aliphatic rings. The lowest BCUT2D eigenvalue weighted by Crippen LogP contribution is -2.53. The SMILES string of the molecule is CCCC(=O)N1CCCC(C(=O)N2CCC[C@H](C(=O)O)[C@@H]2C)C1. The number of amides is 2. The molecule has 0 radical (unpaired) electrons. The Morgan fingerprint density at radius 2 is 1.83 bits per heavy atom. The van der Waals surface area contributed by atoms with E-state index in [2.05, 4.69) is 0 Å². The van der Waals surface area contributed by atoms with Gasteiger partial charge in [0, 0.05) is 32.1 Å². The number of rotatable bonds is 4. The standard InChI is InChI=1S/C17H28N2O4/c1-3-6-15(20)18-9-4-7-13(11-18)16(21)19-10-5-8-14(12(19)2)17(22)23/h12-14H,3-11H2,1-2H3,(H,22,23)/t12-,13?,14-/m0/s1. The summed E-state index contributed by atoms with van der Waals surface area (Å²) in [5.74, 6) is -1.33. The Hall–Kier alpha value is -1.59. The van der Waals surface area contributed by atoms with Crippen LogP contribution >= 0.6 is 0 Å². The number of carboxylic acids is 1. The number of carboxylic acid groups (broad SMARTS) is 1. The normalized spacial score (nSPS) is 28.5. The number of hydrogen-bond acceptors (Lipinski definition) is 3. The Kier molecular flexibility index (Phi) is 6.02. The highest BCUT2D eigenvalue weighted by Crippen LogP contribution is 2.28. The number of likely N-dealkylation sites (tertiary alicyclic amines) is 2. The summed E-state index contributed by atoms with van der Waals surface area (Å²) < 4.78 is 0. The van der Waals surface area contributed by atoms with E-state index in [0.29, 0.717) is 25.9 Å². The molecule has 6 nitrogen and oxygen atoms in total. The third-order valence-electron chi connectivity index (χ3n) is 5.18. The number of hydrogen-bond donors (Lipinski definition) is 1. The fourth-order valence-corrected chi connectivity index (χ4v) is 3.80. The first-order valence-corrected chi connectivity index (χ1v) is 8.76. The van der Waals surface area contributed by atoms with Crippen molar-refractivity contribution in [2.24, 2.45) is 11.8 Å². The lowest BCUT2D eigenvalue weighted by atomic mass is 9.88. The Bertz CT molecular complexity index is 466. The Labute approximate surface area is 137 Å². The van der Waals surface area contributed by atoms with Gasteiger partial charge in [-0.25, -0.2) is 0 Å². The molecule has 1 N–H and O–H groups in total. The van der Waals surface area contributed by atoms with Crippen molar-refractivity contribution in [3.8, 4) is 0 Å². The van der Waals surface area contributed by atoms with Gasteiger partial charge in [0.15, 0.2) is 0 Å². The molecule has 6 heteroatoms. The van der Waals surface area contributed by atoms with Gasteiger partial charge < -0.3 is 14.9 Å². The topological polar surface area (TPSA) is 77.9 Å². The van der Waals surface area contributed by atoms with Crippen molar-refractivity contribution in [1.29, 1.82) is 0 Å². The van der Waals surface area contributed by atoms with E-state index in [4.69, 9.17) is 0 Å². The molecule has 0 aliphatic carbocycles. The molecular formula is C17H28N2O4. The van der Waals surface area contributed by atoms with Gasteiger partial charge in [-0.3, -0.25) is 14.4 Å². The summed E-state index contributed by atoms with van der Waals surface area (Å²) in [6, 6.07) is -0.268. The molecular weight excluding hydrogens is 296 g/mol. The smallest absolute Gasteiger partial charge is 0.308 e. The zero-order chi connectivity index (χ0) is 17.0. The van der Waals surface area contributed by atoms with E-state index < -0.39 is 11.9 Å². The minimum atomic E-state index is -0.821. The molecule has 130 valence electrons. The molecule has 1 unspecified atom stereocenters. The van der Waals surface area contributed by atoms with Crippen LogP contribution in [0.3, 0.4) is 0 Å². The maximum absolute atomic E-state index is 12.9. The summed E-state index contributed by atoms with van der Waals surface area (Å²) in [6.07, 6.45) is 4.34. The molecule has 2 heterocycles. The van der Waals surface area contributed by atoms with E-state index in [1.54, 1.807) is 9.80 Å². The number of nitrogens with zero attached hydrogens (tertiary/aromatic N) is 2. The average Bonchev–Trinajstić information content (AvgIpc) is 2.54. The van der Waals surface area contributed by atoms with Crippen LogP contribution in [-0.4, -0.2) is 58.4 Å². The Morgan fingerprint density at radius 3 is 2.48 bits per heavy atom. The molecule has 2 amide bonds. The van der Waals surface area contributed by atoms with Gasteiger partial charge in [-0.15, -0.1) is 0 Å². The van der Waals surface area contributed by atoms with Crippen LogP contribution < -0.4 is 0 Å². The van der Waals surface area contributed by atoms with Crippen LogP contribution in [0.1, 0.15) is 52.4 Å². The first kappa shape index (κ1) is 17.8. The first-order valence-electron chi connectivity index (χ1n) is 8.76. The maximum Gasteiger partial charge on any atom is 0.308 e. The van der Waals surface area contributed by atoms with Crippen LogP contribution in [0.15, 0.2) is 0 Å². The molecule has 0 aromatic carbocycles. The summed E-state index contributed by atoms with van der Waals surface area (Å²) >= 11 is 0. The predicted octanol–water partition coefficient (Wildman–Crippen LogP) is 1.74. The van der Waals surface area contributed by atoms with Crippen molar-refractivity contribution in [3.05, 3.63) is 0 Å². The second-order valence-corrected chi connectivity index (χ2v) is 6.79. The van der Waals surface area contributed by atoms with Crippen molar-refractivity contribution in [3.63, 3.8) is 0 Å². The van der Waals surface area contributed by atoms with Gasteiger partial charge in [0.05, 0.1) is 11.8 Å². The predicted molar refractivity (Wildman–Crippen MR) is 85.7 cm³/mol. The summed E-state index contributed by atoms with van der Waals surface area (Å²) in [5.41, 5.74) is 0. The van der Waals surface area contributed by atoms with Gasteiger partial charge in [-0.05, 0) is 39.0 Å². The van der Waals surface area contributed by atoms with Crippen molar-refractivity contribution < 1.29 is 19.5 Å². The van der Waals surface area contributed by atoms with Crippen molar-refractivity contribution >= 4 is 17.8 Å². The van der Waals surface area contributed by atoms with Crippen LogP contribution in [0.5, 0.6) is 0 Å². The zero-order valence-electron chi connectivity index (χ0n) is 14.2. The van der Waals surface area contributed by atoms with Gasteiger partial charge >= 0.3 is 5.97 Å². The quantitative estimate of drug-likeness (QED) is 0.854. The summed E-state index contributed by atoms with van der Waals surface area (Å²) in [6.45, 7) is 5.66. The second-order valence-electron chi connectivity index (χ2n) is 6.79. The summed E-state index contributed by atoms with van der Waals surface area (Å²) in [7, 11) is 0. The molecule has 0 bridgehead atoms. The van der Waals surface area contributed by atoms with E-state index in [9.17, 15) is 19.5 Å². The third kappa shape index (κ3) is 4.03. The van der Waals surface area contributed by atoms with Crippen LogP contribution in [-0.2, 0) is 14.4 Å². The van der Waals surface area contributed by atoms with E-state index in [1.807, 2.05) is 13.8 Å². The lowest BCUT2D eigenvalue weighted by Gasteiger charge is -2.41. The third-order valence-corrected chi connectivity index (χ3v) is 5.18. The highest BCUT2D eigenvalue weighted by atomic mass is 16.4. The number of carbonyl (C=O) groups excluding carboxylic acids is 2. The van der Waals surface area contributed by atoms with Crippen LogP contribution in [0.4, 0.5) is 0 Å². The van der Waals surface area contributed by atoms with Crippen LogP contribution in [0.2, 0.25) is 0 Å². The minimum absolute atomic E-state index is 0.0254. The van der Waals surface area contributed by atoms with Crippen molar-refractivity contribution in [2.75, 3.05) is 19.6 Å². The number of aliphatic carboxylic acids is 1. The molecule has 23 heavy (non-hydrogen) atoms. The monoisotopic (exact) mass is 324 g/mol. The van der Waals surface area contributed by atoms with E-state index in [-0.39, 0.29) is 23.8 Å². The Morgan fingerprint density at radius 1 is 1.13 bits per heavy atom. The molecule has 0 aromatic heterocycles. The Balaban J connectivity index is 2.01. The average molecular weight is 324 g/mol. The van der Waals surface area contributed by atoms with Gasteiger partial charge in [-0.1, -0.05) is 6.92 Å². The minimum Gasteiger partial charge on any atom is -0.481 e. The highest BCUT2D eigenvalue weighted by molar-refractivity contribution is 5.82. The van der Waals surface area contributed by atoms with E-state index in [0.717, 1.165) is 32.2 Å². The highest BCUT2D eigenvalue weighted by Gasteiger charge is 2.39. The molecule has 2 aliphatic heterocycles. The van der Waals surface area contributed by atoms with Crippen molar-refractivity contribution in [1.82, 2.24) is 9.80 Å². The van der Waals surface area contributed by atoms with Gasteiger partial charge in [0.25, 0.3) is 0 Å². The van der Waals surface area contributed by atoms with Gasteiger partial charge in [0.1, 0.15) is 0 Å². The molecule has 2 saturated heterocycles. The second kappa shape index (κ2) is 7.79. The lowest BCUT2D eigenvalue weighted by molar-refractivity contribution is -0.151. The summed E-state index contributed by atoms with van der Waals surface area (Å²) in [5, 5.41) is 9.30. The maximum atomic E-state index is 12.9. The fraction of sp³-hybridized carbons (Fsp3) is 0.824.